The molecule has 0 bridgehead atoms. The van der Waals surface area contributed by atoms with E-state index in [1.807, 2.05) is 24.3 Å². The molecule has 10 nitrogen and oxygen atoms in total. The Morgan fingerprint density at radius 1 is 1.02 bits per heavy atom. The number of piperidine rings is 1. The molecular weight excluding hydrogens is 578 g/mol. The van der Waals surface area contributed by atoms with E-state index in [0.29, 0.717) is 35.9 Å². The minimum atomic E-state index is -0.838. The number of hydrogen-bond donors (Lipinski definition) is 5. The zero-order valence-corrected chi connectivity index (χ0v) is 27.8. The van der Waals surface area contributed by atoms with E-state index in [1.54, 1.807) is 31.4 Å². The molecule has 0 radical (unpaired) electrons. The minimum absolute atomic E-state index is 0.0153. The summed E-state index contributed by atoms with van der Waals surface area (Å²) in [5, 5.41) is 25.9. The second-order valence-electron chi connectivity index (χ2n) is 12.6. The zero-order chi connectivity index (χ0) is 32.6. The van der Waals surface area contributed by atoms with Crippen LogP contribution in [-0.2, 0) is 0 Å². The molecule has 2 aliphatic heterocycles. The number of methoxy groups -OCH3 is 1. The van der Waals surface area contributed by atoms with Gasteiger partial charge in [-0.3, -0.25) is 9.69 Å². The Morgan fingerprint density at radius 2 is 1.76 bits per heavy atom. The van der Waals surface area contributed by atoms with Gasteiger partial charge in [-0.05, 0) is 69.1 Å². The number of aliphatic hydroxyl groups excluding tert-OH is 1. The summed E-state index contributed by atoms with van der Waals surface area (Å²) in [5.74, 6) is 0.734. The first-order valence-corrected chi connectivity index (χ1v) is 17.3. The van der Waals surface area contributed by atoms with Crippen molar-refractivity contribution in [2.24, 2.45) is 5.92 Å². The first-order valence-electron chi connectivity index (χ1n) is 17.3. The molecule has 2 fully saturated rings. The monoisotopic (exact) mass is 633 g/mol. The molecule has 0 aliphatic carbocycles. The van der Waals surface area contributed by atoms with Gasteiger partial charge in [0.05, 0.1) is 32.1 Å². The van der Waals surface area contributed by atoms with Crippen molar-refractivity contribution < 1.29 is 14.6 Å². The number of likely N-dealkylation sites (tertiary alicyclic amines) is 1. The fraction of sp³-hybridized carbons (Fsp3) is 0.611. The molecule has 0 saturated carbocycles. The van der Waals surface area contributed by atoms with Gasteiger partial charge in [0.2, 0.25) is 0 Å². The quantitative estimate of drug-likeness (QED) is 0.136. The number of para-hydroxylation sites is 1. The van der Waals surface area contributed by atoms with Crippen LogP contribution in [0.1, 0.15) is 93.1 Å². The molecule has 2 heterocycles. The van der Waals surface area contributed by atoms with Crippen molar-refractivity contribution in [1.29, 1.82) is 5.26 Å². The van der Waals surface area contributed by atoms with Crippen LogP contribution in [0.2, 0.25) is 0 Å². The highest BCUT2D eigenvalue weighted by Gasteiger charge is 2.38. The predicted octanol–water partition coefficient (Wildman–Crippen LogP) is 5.01. The maximum atomic E-state index is 13.1. The Morgan fingerprint density at radius 3 is 2.48 bits per heavy atom. The highest BCUT2D eigenvalue weighted by Crippen LogP contribution is 2.27. The number of ether oxygens (including phenoxy) is 1. The Hall–Kier alpha value is -3.20. The van der Waals surface area contributed by atoms with E-state index in [9.17, 15) is 15.2 Å². The number of hydrazine groups is 1. The van der Waals surface area contributed by atoms with Crippen molar-refractivity contribution in [3.8, 4) is 11.8 Å². The fourth-order valence-electron chi connectivity index (χ4n) is 6.75. The van der Waals surface area contributed by atoms with Gasteiger partial charge >= 0.3 is 0 Å². The molecule has 0 spiro atoms. The second kappa shape index (κ2) is 19.5. The molecule has 3 atom stereocenters. The molecule has 46 heavy (non-hydrogen) atoms. The number of anilines is 1. The number of nitrogens with zero attached hydrogens (tertiary/aromatic N) is 3. The lowest BCUT2D eigenvalue weighted by Crippen LogP contribution is -2.50. The third-order valence-electron chi connectivity index (χ3n) is 9.40. The molecule has 2 aliphatic rings. The number of benzene rings is 2. The lowest BCUT2D eigenvalue weighted by Gasteiger charge is -2.38. The molecule has 2 aromatic carbocycles. The molecule has 2 aromatic rings. The van der Waals surface area contributed by atoms with Gasteiger partial charge < -0.3 is 25.4 Å². The molecule has 252 valence electrons. The van der Waals surface area contributed by atoms with Crippen molar-refractivity contribution in [2.75, 3.05) is 51.8 Å². The lowest BCUT2D eigenvalue weighted by atomic mass is 9.93. The molecule has 10 heteroatoms. The standard InChI is InChI=1S/C36H55N7O3/c1-3-4-5-6-7-8-9-12-20-42-21-18-28(19-22-42)35-41-40-34(43(35)23-24-44)27-38-30-15-13-14-29(25-30)36(45)39-32(26-37)31-16-10-11-17-33(31)46-2/h10-11,13-17,25,28,32,34-35,38,40-41,44H,3-9,12,18-24,27H2,1-2H3,(H,39,45)/t32-,34?,35?/m0/s1. The Kier molecular flexibility index (Phi) is 15.1. The second-order valence-corrected chi connectivity index (χ2v) is 12.6. The van der Waals surface area contributed by atoms with Gasteiger partial charge in [0.1, 0.15) is 11.8 Å². The van der Waals surface area contributed by atoms with Gasteiger partial charge in [-0.25, -0.2) is 10.9 Å². The van der Waals surface area contributed by atoms with Crippen LogP contribution < -0.4 is 26.2 Å². The van der Waals surface area contributed by atoms with E-state index < -0.39 is 6.04 Å². The van der Waals surface area contributed by atoms with Gasteiger partial charge in [0.25, 0.3) is 5.91 Å². The molecule has 0 aromatic heterocycles. The number of carbonyl (C=O) groups excluding carboxylic acids is 1. The van der Waals surface area contributed by atoms with Gasteiger partial charge in [0, 0.05) is 29.9 Å². The van der Waals surface area contributed by atoms with E-state index in [2.05, 4.69) is 44.3 Å². The molecule has 1 amide bonds. The van der Waals surface area contributed by atoms with Gasteiger partial charge in [-0.15, -0.1) is 0 Å². The molecule has 2 saturated heterocycles. The number of rotatable bonds is 19. The number of aliphatic hydroxyl groups is 1. The third kappa shape index (κ3) is 10.4. The summed E-state index contributed by atoms with van der Waals surface area (Å²) in [6, 6.07) is 15.8. The number of nitriles is 1. The van der Waals surface area contributed by atoms with Crippen molar-refractivity contribution in [3.63, 3.8) is 0 Å². The van der Waals surface area contributed by atoms with Crippen LogP contribution in [-0.4, -0.2) is 79.6 Å². The molecule has 5 N–H and O–H groups in total. The molecule has 2 unspecified atom stereocenters. The highest BCUT2D eigenvalue weighted by atomic mass is 16.5. The van der Waals surface area contributed by atoms with Crippen molar-refractivity contribution in [1.82, 2.24) is 26.0 Å². The summed E-state index contributed by atoms with van der Waals surface area (Å²) in [5.41, 5.74) is 8.86. The Bertz CT molecular complexity index is 1230. The van der Waals surface area contributed by atoms with Crippen LogP contribution in [0.4, 0.5) is 5.69 Å². The summed E-state index contributed by atoms with van der Waals surface area (Å²) < 4.78 is 5.38. The van der Waals surface area contributed by atoms with E-state index in [0.717, 1.165) is 31.6 Å². The Labute approximate surface area is 275 Å². The van der Waals surface area contributed by atoms with Crippen LogP contribution in [0.5, 0.6) is 5.75 Å². The molecular formula is C36H55N7O3. The summed E-state index contributed by atoms with van der Waals surface area (Å²) in [6.45, 7) is 7.01. The van der Waals surface area contributed by atoms with Gasteiger partial charge in [-0.1, -0.05) is 76.1 Å². The van der Waals surface area contributed by atoms with Crippen molar-refractivity contribution in [3.05, 3.63) is 59.7 Å². The SMILES string of the molecule is CCCCCCCCCCN1CCC(C2NNC(CNc3cccc(C(=O)N[C@@H](C#N)c4ccccc4OC)c3)N2CCO)CC1. The van der Waals surface area contributed by atoms with Crippen LogP contribution in [0.3, 0.4) is 0 Å². The minimum Gasteiger partial charge on any atom is -0.496 e. The summed E-state index contributed by atoms with van der Waals surface area (Å²) >= 11 is 0. The summed E-state index contributed by atoms with van der Waals surface area (Å²) in [4.78, 5) is 18.1. The van der Waals surface area contributed by atoms with E-state index in [4.69, 9.17) is 4.74 Å². The number of nitrogens with one attached hydrogen (secondary N) is 4. The smallest absolute Gasteiger partial charge is 0.252 e. The summed E-state index contributed by atoms with van der Waals surface area (Å²) in [7, 11) is 1.55. The molecule has 4 rings (SSSR count). The average Bonchev–Trinajstić information content (AvgIpc) is 3.50. The van der Waals surface area contributed by atoms with E-state index in [1.165, 1.54) is 57.9 Å². The average molecular weight is 634 g/mol. The van der Waals surface area contributed by atoms with E-state index in [-0.39, 0.29) is 24.8 Å². The highest BCUT2D eigenvalue weighted by molar-refractivity contribution is 5.95. The maximum Gasteiger partial charge on any atom is 0.252 e. The predicted molar refractivity (Wildman–Crippen MR) is 183 cm³/mol. The Balaban J connectivity index is 1.23. The van der Waals surface area contributed by atoms with Crippen LogP contribution >= 0.6 is 0 Å². The normalized spacial score (nSPS) is 19.9. The van der Waals surface area contributed by atoms with Crippen LogP contribution in [0, 0.1) is 17.2 Å². The lowest BCUT2D eigenvalue weighted by molar-refractivity contribution is 0.0734. The van der Waals surface area contributed by atoms with Crippen LogP contribution in [0.15, 0.2) is 48.5 Å². The number of hydrogen-bond acceptors (Lipinski definition) is 9. The topological polar surface area (TPSA) is 125 Å². The number of unbranched alkanes of at least 4 members (excludes halogenated alkanes) is 7. The first kappa shape index (κ1) is 35.7. The first-order chi connectivity index (χ1) is 22.6. The number of β-amino-alcohol motifs (C(OH)–C–C–N with tert-alkyl or cyclic N) is 1. The van der Waals surface area contributed by atoms with Crippen molar-refractivity contribution in [2.45, 2.75) is 89.5 Å². The number of carbonyl (C=O) groups is 1. The van der Waals surface area contributed by atoms with Gasteiger partial charge in [-0.2, -0.15) is 5.26 Å². The van der Waals surface area contributed by atoms with E-state index >= 15 is 0 Å². The van der Waals surface area contributed by atoms with Gasteiger partial charge in [0.15, 0.2) is 0 Å². The third-order valence-corrected chi connectivity index (χ3v) is 9.40. The number of amides is 1. The van der Waals surface area contributed by atoms with Crippen molar-refractivity contribution >= 4 is 11.6 Å². The fourth-order valence-corrected chi connectivity index (χ4v) is 6.75. The summed E-state index contributed by atoms with van der Waals surface area (Å²) in [6.07, 6.45) is 13.3. The largest absolute Gasteiger partial charge is 0.496 e. The van der Waals surface area contributed by atoms with Crippen LogP contribution in [0.25, 0.3) is 0 Å². The maximum absolute atomic E-state index is 13.1. The zero-order valence-electron chi connectivity index (χ0n) is 27.8.